The molecule has 0 aliphatic carbocycles. The summed E-state index contributed by atoms with van der Waals surface area (Å²) in [5.41, 5.74) is 0.661. The summed E-state index contributed by atoms with van der Waals surface area (Å²) in [5, 5.41) is 13.8. The summed E-state index contributed by atoms with van der Waals surface area (Å²) < 4.78 is 20.8. The molecule has 1 aromatic carbocycles. The number of benzene rings is 1. The summed E-state index contributed by atoms with van der Waals surface area (Å²) in [6.45, 7) is 1.68. The Morgan fingerprint density at radius 3 is 2.67 bits per heavy atom. The molecule has 0 bridgehead atoms. The maximum Gasteiger partial charge on any atom is 0.322 e. The molecule has 124 valence electrons. The molecule has 0 radical (unpaired) electrons. The van der Waals surface area contributed by atoms with Gasteiger partial charge in [0.05, 0.1) is 19.8 Å². The van der Waals surface area contributed by atoms with Crippen LogP contribution in [0.3, 0.4) is 0 Å². The molecule has 0 unspecified atom stereocenters. The summed E-state index contributed by atoms with van der Waals surface area (Å²) in [6.07, 6.45) is 0. The number of amides is 1. The number of methoxy groups -OCH3 is 2. The number of aromatic nitrogens is 3. The van der Waals surface area contributed by atoms with Gasteiger partial charge in [-0.2, -0.15) is 0 Å². The lowest BCUT2D eigenvalue weighted by atomic mass is 10.2. The molecule has 24 heavy (non-hydrogen) atoms. The fourth-order valence-corrected chi connectivity index (χ4v) is 2.00. The third kappa shape index (κ3) is 3.05. The zero-order valence-electron chi connectivity index (χ0n) is 13.2. The minimum Gasteiger partial charge on any atom is -0.497 e. The molecule has 0 aliphatic rings. The second-order valence-electron chi connectivity index (χ2n) is 4.76. The number of nitrogens with zero attached hydrogens (tertiary/aromatic N) is 3. The average Bonchev–Trinajstić information content (AvgIpc) is 3.23. The maximum absolute atomic E-state index is 12.0. The number of hydrogen-bond acceptors (Lipinski definition) is 8. The van der Waals surface area contributed by atoms with Crippen LogP contribution < -0.4 is 14.8 Å². The molecule has 1 N–H and O–H groups in total. The molecule has 0 saturated heterocycles. The van der Waals surface area contributed by atoms with Crippen molar-refractivity contribution in [3.05, 3.63) is 35.7 Å². The number of carbonyl (C=O) groups excluding carboxylic acids is 1. The third-order valence-corrected chi connectivity index (χ3v) is 3.14. The molecule has 2 heterocycles. The van der Waals surface area contributed by atoms with Gasteiger partial charge in [0.1, 0.15) is 17.3 Å². The van der Waals surface area contributed by atoms with Crippen molar-refractivity contribution in [2.75, 3.05) is 19.5 Å². The monoisotopic (exact) mass is 330 g/mol. The Balaban J connectivity index is 1.84. The van der Waals surface area contributed by atoms with Crippen molar-refractivity contribution in [1.82, 2.24) is 15.4 Å². The van der Waals surface area contributed by atoms with E-state index in [0.717, 1.165) is 0 Å². The van der Waals surface area contributed by atoms with E-state index in [2.05, 4.69) is 20.7 Å². The minimum atomic E-state index is -0.514. The van der Waals surface area contributed by atoms with Gasteiger partial charge >= 0.3 is 6.01 Å². The van der Waals surface area contributed by atoms with Crippen molar-refractivity contribution in [3.8, 4) is 23.0 Å². The molecule has 2 aromatic heterocycles. The predicted molar refractivity (Wildman–Crippen MR) is 82.0 cm³/mol. The first kappa shape index (κ1) is 15.5. The lowest BCUT2D eigenvalue weighted by Gasteiger charge is -2.07. The number of ether oxygens (including phenoxy) is 2. The Morgan fingerprint density at radius 2 is 2.00 bits per heavy atom. The molecule has 3 aromatic rings. The molecule has 1 amide bonds. The van der Waals surface area contributed by atoms with Crippen molar-refractivity contribution < 1.29 is 23.2 Å². The lowest BCUT2D eigenvalue weighted by Crippen LogP contribution is -2.12. The van der Waals surface area contributed by atoms with Gasteiger partial charge in [-0.25, -0.2) is 0 Å². The van der Waals surface area contributed by atoms with Crippen LogP contribution in [-0.4, -0.2) is 35.5 Å². The van der Waals surface area contributed by atoms with E-state index in [-0.39, 0.29) is 17.6 Å². The van der Waals surface area contributed by atoms with E-state index >= 15 is 0 Å². The fraction of sp³-hybridized carbons (Fsp3) is 0.200. The maximum atomic E-state index is 12.0. The number of hydrogen-bond donors (Lipinski definition) is 1. The molecular weight excluding hydrogens is 316 g/mol. The van der Waals surface area contributed by atoms with Gasteiger partial charge in [-0.1, -0.05) is 10.3 Å². The summed E-state index contributed by atoms with van der Waals surface area (Å²) >= 11 is 0. The topological polar surface area (TPSA) is 113 Å². The number of rotatable bonds is 5. The van der Waals surface area contributed by atoms with Crippen LogP contribution in [0.4, 0.5) is 6.01 Å². The molecule has 9 nitrogen and oxygen atoms in total. The zero-order chi connectivity index (χ0) is 17.1. The summed E-state index contributed by atoms with van der Waals surface area (Å²) in [6, 6.07) is 6.58. The van der Waals surface area contributed by atoms with E-state index in [0.29, 0.717) is 22.8 Å². The van der Waals surface area contributed by atoms with Gasteiger partial charge in [0.15, 0.2) is 5.69 Å². The largest absolute Gasteiger partial charge is 0.497 e. The number of aryl methyl sites for hydroxylation is 1. The Bertz CT molecular complexity index is 870. The summed E-state index contributed by atoms with van der Waals surface area (Å²) in [5.74, 6) is 1.32. The van der Waals surface area contributed by atoms with E-state index in [1.54, 1.807) is 32.2 Å². The summed E-state index contributed by atoms with van der Waals surface area (Å²) in [7, 11) is 3.07. The Kier molecular flexibility index (Phi) is 4.15. The van der Waals surface area contributed by atoms with Crippen LogP contribution in [0.15, 0.2) is 33.2 Å². The van der Waals surface area contributed by atoms with Crippen molar-refractivity contribution in [1.29, 1.82) is 0 Å². The Hall–Kier alpha value is -3.36. The Labute approximate surface area is 136 Å². The third-order valence-electron chi connectivity index (χ3n) is 3.14. The molecular formula is C15H14N4O5. The van der Waals surface area contributed by atoms with E-state index in [4.69, 9.17) is 18.4 Å². The first-order valence-electron chi connectivity index (χ1n) is 6.91. The highest BCUT2D eigenvalue weighted by molar-refractivity contribution is 6.01. The highest BCUT2D eigenvalue weighted by Gasteiger charge is 2.18. The lowest BCUT2D eigenvalue weighted by molar-refractivity contribution is 0.101. The number of anilines is 1. The number of nitrogens with one attached hydrogen (secondary N) is 1. The SMILES string of the molecule is COc1ccc(OC)c(-c2nnc(NC(=O)c3cc(C)on3)o2)c1. The van der Waals surface area contributed by atoms with Crippen LogP contribution in [-0.2, 0) is 0 Å². The smallest absolute Gasteiger partial charge is 0.322 e. The first-order chi connectivity index (χ1) is 11.6. The summed E-state index contributed by atoms with van der Waals surface area (Å²) in [4.78, 5) is 12.0. The standard InChI is InChI=1S/C15H14N4O5/c1-8-6-11(19-24-8)13(20)16-15-18-17-14(23-15)10-7-9(21-2)4-5-12(10)22-3/h4-7H,1-3H3,(H,16,18,20). The second kappa shape index (κ2) is 6.41. The van der Waals surface area contributed by atoms with Crippen molar-refractivity contribution >= 4 is 11.9 Å². The molecule has 3 rings (SSSR count). The molecule has 0 spiro atoms. The van der Waals surface area contributed by atoms with Crippen LogP contribution in [0.1, 0.15) is 16.2 Å². The van der Waals surface area contributed by atoms with Gasteiger partial charge in [0.25, 0.3) is 11.8 Å². The van der Waals surface area contributed by atoms with Crippen LogP contribution in [0.25, 0.3) is 11.5 Å². The highest BCUT2D eigenvalue weighted by Crippen LogP contribution is 2.33. The molecule has 0 fully saturated rings. The normalized spacial score (nSPS) is 10.5. The van der Waals surface area contributed by atoms with Gasteiger partial charge in [-0.15, -0.1) is 5.10 Å². The molecule has 0 aliphatic heterocycles. The van der Waals surface area contributed by atoms with E-state index in [1.807, 2.05) is 0 Å². The van der Waals surface area contributed by atoms with Crippen molar-refractivity contribution in [2.24, 2.45) is 0 Å². The van der Waals surface area contributed by atoms with Crippen molar-refractivity contribution in [3.63, 3.8) is 0 Å². The van der Waals surface area contributed by atoms with Gasteiger partial charge in [0.2, 0.25) is 0 Å². The average molecular weight is 330 g/mol. The number of carbonyl (C=O) groups is 1. The fourth-order valence-electron chi connectivity index (χ4n) is 2.00. The molecule has 0 atom stereocenters. The highest BCUT2D eigenvalue weighted by atomic mass is 16.5. The zero-order valence-corrected chi connectivity index (χ0v) is 13.2. The van der Waals surface area contributed by atoms with E-state index in [1.165, 1.54) is 13.2 Å². The van der Waals surface area contributed by atoms with E-state index < -0.39 is 5.91 Å². The van der Waals surface area contributed by atoms with Crippen LogP contribution in [0.2, 0.25) is 0 Å². The second-order valence-corrected chi connectivity index (χ2v) is 4.76. The molecule has 9 heteroatoms. The first-order valence-corrected chi connectivity index (χ1v) is 6.91. The van der Waals surface area contributed by atoms with Gasteiger partial charge < -0.3 is 18.4 Å². The molecule has 0 saturated carbocycles. The van der Waals surface area contributed by atoms with Crippen LogP contribution >= 0.6 is 0 Å². The van der Waals surface area contributed by atoms with Gasteiger partial charge in [-0.3, -0.25) is 10.1 Å². The van der Waals surface area contributed by atoms with Crippen LogP contribution in [0, 0.1) is 6.92 Å². The quantitative estimate of drug-likeness (QED) is 0.758. The Morgan fingerprint density at radius 1 is 1.17 bits per heavy atom. The van der Waals surface area contributed by atoms with Crippen LogP contribution in [0.5, 0.6) is 11.5 Å². The van der Waals surface area contributed by atoms with Crippen molar-refractivity contribution in [2.45, 2.75) is 6.92 Å². The van der Waals surface area contributed by atoms with Gasteiger partial charge in [-0.05, 0) is 25.1 Å². The minimum absolute atomic E-state index is 0.0690. The van der Waals surface area contributed by atoms with E-state index in [9.17, 15) is 4.79 Å². The van der Waals surface area contributed by atoms with Gasteiger partial charge in [0, 0.05) is 6.07 Å². The predicted octanol–water partition coefficient (Wildman–Crippen LogP) is 2.30.